The van der Waals surface area contributed by atoms with Crippen LogP contribution >= 0.6 is 23.1 Å². The van der Waals surface area contributed by atoms with Gasteiger partial charge in [-0.25, -0.2) is 4.39 Å². The number of rotatable bonds is 5. The van der Waals surface area contributed by atoms with E-state index in [9.17, 15) is 9.18 Å². The fourth-order valence-corrected chi connectivity index (χ4v) is 4.70. The number of hydrogen-bond acceptors (Lipinski definition) is 5. The molecule has 1 fully saturated rings. The Morgan fingerprint density at radius 1 is 1.30 bits per heavy atom. The highest BCUT2D eigenvalue weighted by atomic mass is 32.2. The van der Waals surface area contributed by atoms with E-state index in [1.807, 2.05) is 6.92 Å². The van der Waals surface area contributed by atoms with Gasteiger partial charge in [0, 0.05) is 0 Å². The van der Waals surface area contributed by atoms with Gasteiger partial charge in [0.05, 0.1) is 5.41 Å². The average molecular weight is 351 g/mol. The topological polar surface area (TPSA) is 54.9 Å². The van der Waals surface area contributed by atoms with E-state index in [2.05, 4.69) is 15.5 Å². The summed E-state index contributed by atoms with van der Waals surface area (Å²) in [5.74, 6) is 0.570. The van der Waals surface area contributed by atoms with Crippen LogP contribution in [0.5, 0.6) is 0 Å². The Balaban J connectivity index is 1.82. The monoisotopic (exact) mass is 351 g/mol. The van der Waals surface area contributed by atoms with Crippen LogP contribution < -0.4 is 5.32 Å². The molecule has 2 aromatic rings. The van der Waals surface area contributed by atoms with Crippen LogP contribution in [0.2, 0.25) is 0 Å². The minimum atomic E-state index is -0.586. The predicted molar refractivity (Wildman–Crippen MR) is 91.5 cm³/mol. The van der Waals surface area contributed by atoms with Crippen molar-refractivity contribution in [2.24, 2.45) is 0 Å². The lowest BCUT2D eigenvalue weighted by molar-refractivity contribution is -0.121. The number of benzene rings is 1. The van der Waals surface area contributed by atoms with Gasteiger partial charge in [-0.1, -0.05) is 55.0 Å². The second-order valence-corrected chi connectivity index (χ2v) is 8.05. The Labute approximate surface area is 142 Å². The number of amides is 1. The van der Waals surface area contributed by atoms with Gasteiger partial charge in [-0.3, -0.25) is 10.1 Å². The van der Waals surface area contributed by atoms with Crippen LogP contribution in [0.1, 0.15) is 38.2 Å². The second-order valence-electron chi connectivity index (χ2n) is 5.56. The Hall–Kier alpha value is -1.47. The number of nitrogens with one attached hydrogen (secondary N) is 1. The van der Waals surface area contributed by atoms with Crippen molar-refractivity contribution in [2.75, 3.05) is 11.1 Å². The quantitative estimate of drug-likeness (QED) is 0.647. The first-order valence-electron chi connectivity index (χ1n) is 7.68. The SMILES string of the molecule is CCSc1nnc(NC(=O)C2(c3ccc(F)cc3)CCCC2)s1. The van der Waals surface area contributed by atoms with Crippen molar-refractivity contribution in [3.05, 3.63) is 35.6 Å². The van der Waals surface area contributed by atoms with Gasteiger partial charge in [0.1, 0.15) is 5.82 Å². The molecule has 1 aromatic heterocycles. The van der Waals surface area contributed by atoms with Gasteiger partial charge in [-0.05, 0) is 36.3 Å². The zero-order chi connectivity index (χ0) is 16.3. The maximum absolute atomic E-state index is 13.2. The lowest BCUT2D eigenvalue weighted by atomic mass is 9.78. The van der Waals surface area contributed by atoms with Crippen LogP contribution in [0.25, 0.3) is 0 Å². The molecule has 1 N–H and O–H groups in total. The molecule has 1 amide bonds. The Bertz CT molecular complexity index is 681. The molecule has 1 aromatic carbocycles. The lowest BCUT2D eigenvalue weighted by Crippen LogP contribution is -2.38. The molecular formula is C16H18FN3OS2. The third kappa shape index (κ3) is 3.40. The molecule has 0 saturated heterocycles. The molecule has 0 spiro atoms. The van der Waals surface area contributed by atoms with Gasteiger partial charge >= 0.3 is 0 Å². The van der Waals surface area contributed by atoms with E-state index >= 15 is 0 Å². The number of halogens is 1. The molecule has 1 aliphatic rings. The molecule has 1 heterocycles. The van der Waals surface area contributed by atoms with Crippen molar-refractivity contribution in [2.45, 2.75) is 42.4 Å². The van der Waals surface area contributed by atoms with Gasteiger partial charge in [0.15, 0.2) is 4.34 Å². The first-order valence-corrected chi connectivity index (χ1v) is 9.48. The lowest BCUT2D eigenvalue weighted by Gasteiger charge is -2.27. The molecule has 0 bridgehead atoms. The molecule has 23 heavy (non-hydrogen) atoms. The van der Waals surface area contributed by atoms with E-state index in [1.54, 1.807) is 23.9 Å². The molecular weight excluding hydrogens is 333 g/mol. The van der Waals surface area contributed by atoms with Crippen molar-refractivity contribution in [3.63, 3.8) is 0 Å². The van der Waals surface area contributed by atoms with E-state index in [-0.39, 0.29) is 11.7 Å². The highest BCUT2D eigenvalue weighted by molar-refractivity contribution is 8.01. The van der Waals surface area contributed by atoms with Crippen LogP contribution in [0.3, 0.4) is 0 Å². The summed E-state index contributed by atoms with van der Waals surface area (Å²) in [5.41, 5.74) is 0.291. The Morgan fingerprint density at radius 3 is 2.65 bits per heavy atom. The summed E-state index contributed by atoms with van der Waals surface area (Å²) in [6, 6.07) is 6.28. The van der Waals surface area contributed by atoms with E-state index in [0.717, 1.165) is 41.3 Å². The Morgan fingerprint density at radius 2 is 2.00 bits per heavy atom. The number of hydrogen-bond donors (Lipinski definition) is 1. The highest BCUT2D eigenvalue weighted by Crippen LogP contribution is 2.42. The fourth-order valence-electron chi connectivity index (χ4n) is 3.05. The predicted octanol–water partition coefficient (Wildman–Crippen LogP) is 4.24. The third-order valence-corrected chi connectivity index (χ3v) is 6.04. The molecule has 122 valence electrons. The second kappa shape index (κ2) is 6.97. The standard InChI is InChI=1S/C16H18FN3OS2/c1-2-22-15-20-19-14(23-15)18-13(21)16(9-3-4-10-16)11-5-7-12(17)8-6-11/h5-8H,2-4,9-10H2,1H3,(H,18,19,21). The van der Waals surface area contributed by atoms with Crippen LogP contribution in [-0.4, -0.2) is 21.9 Å². The van der Waals surface area contributed by atoms with Gasteiger partial charge in [-0.2, -0.15) is 0 Å². The largest absolute Gasteiger partial charge is 0.300 e. The molecule has 0 atom stereocenters. The number of carbonyl (C=O) groups is 1. The van der Waals surface area contributed by atoms with Crippen LogP contribution in [-0.2, 0) is 10.2 Å². The minimum absolute atomic E-state index is 0.0641. The Kier molecular flexibility index (Phi) is 4.96. The fraction of sp³-hybridized carbons (Fsp3) is 0.438. The van der Waals surface area contributed by atoms with Gasteiger partial charge in [0.25, 0.3) is 0 Å². The van der Waals surface area contributed by atoms with Crippen LogP contribution in [0.15, 0.2) is 28.6 Å². The first-order chi connectivity index (χ1) is 11.1. The highest BCUT2D eigenvalue weighted by Gasteiger charge is 2.43. The normalized spacial score (nSPS) is 16.4. The average Bonchev–Trinajstić information content (AvgIpc) is 3.19. The van der Waals surface area contributed by atoms with E-state index in [0.29, 0.717) is 5.13 Å². The third-order valence-electron chi connectivity index (χ3n) is 4.18. The van der Waals surface area contributed by atoms with Crippen molar-refractivity contribution in [3.8, 4) is 0 Å². The summed E-state index contributed by atoms with van der Waals surface area (Å²) in [7, 11) is 0. The zero-order valence-corrected chi connectivity index (χ0v) is 14.5. The summed E-state index contributed by atoms with van der Waals surface area (Å²) in [6.45, 7) is 2.05. The van der Waals surface area contributed by atoms with Gasteiger partial charge in [0.2, 0.25) is 11.0 Å². The summed E-state index contributed by atoms with van der Waals surface area (Å²) in [6.07, 6.45) is 3.55. The summed E-state index contributed by atoms with van der Waals surface area (Å²) in [5, 5.41) is 11.5. The number of carbonyl (C=O) groups excluding carboxylic acids is 1. The number of thioether (sulfide) groups is 1. The van der Waals surface area contributed by atoms with E-state index in [1.165, 1.54) is 23.5 Å². The smallest absolute Gasteiger partial charge is 0.236 e. The van der Waals surface area contributed by atoms with Gasteiger partial charge in [-0.15, -0.1) is 10.2 Å². The molecule has 1 aliphatic carbocycles. The number of anilines is 1. The number of nitrogens with zero attached hydrogens (tertiary/aromatic N) is 2. The van der Waals surface area contributed by atoms with Crippen molar-refractivity contribution < 1.29 is 9.18 Å². The molecule has 1 saturated carbocycles. The maximum Gasteiger partial charge on any atom is 0.236 e. The van der Waals surface area contributed by atoms with Crippen molar-refractivity contribution >= 4 is 34.1 Å². The molecule has 4 nitrogen and oxygen atoms in total. The molecule has 7 heteroatoms. The molecule has 3 rings (SSSR count). The molecule has 0 aliphatic heterocycles. The summed E-state index contributed by atoms with van der Waals surface area (Å²) >= 11 is 2.99. The van der Waals surface area contributed by atoms with Gasteiger partial charge < -0.3 is 0 Å². The maximum atomic E-state index is 13.2. The summed E-state index contributed by atoms with van der Waals surface area (Å²) in [4.78, 5) is 12.9. The molecule has 0 unspecified atom stereocenters. The summed E-state index contributed by atoms with van der Waals surface area (Å²) < 4.78 is 14.1. The van der Waals surface area contributed by atoms with Crippen LogP contribution in [0, 0.1) is 5.82 Å². The molecule has 0 radical (unpaired) electrons. The minimum Gasteiger partial charge on any atom is -0.300 e. The first kappa shape index (κ1) is 16.4. The van der Waals surface area contributed by atoms with E-state index < -0.39 is 5.41 Å². The zero-order valence-electron chi connectivity index (χ0n) is 12.8. The van der Waals surface area contributed by atoms with E-state index in [4.69, 9.17) is 0 Å². The number of aromatic nitrogens is 2. The van der Waals surface area contributed by atoms with Crippen molar-refractivity contribution in [1.29, 1.82) is 0 Å². The van der Waals surface area contributed by atoms with Crippen molar-refractivity contribution in [1.82, 2.24) is 10.2 Å². The van der Waals surface area contributed by atoms with Crippen LogP contribution in [0.4, 0.5) is 9.52 Å².